The van der Waals surface area contributed by atoms with Crippen molar-refractivity contribution in [2.45, 2.75) is 82.5 Å². The number of carbonyl (C=O) groups is 4. The van der Waals surface area contributed by atoms with Crippen LogP contribution < -0.4 is 10.1 Å². The molecular formula is C31H37N3O9S. The second kappa shape index (κ2) is 15.1. The number of benzene rings is 2. The third kappa shape index (κ3) is 8.73. The van der Waals surface area contributed by atoms with Gasteiger partial charge in [-0.2, -0.15) is 0 Å². The molecule has 1 N–H and O–H groups in total. The van der Waals surface area contributed by atoms with Crippen LogP contribution in [0, 0.1) is 6.92 Å². The summed E-state index contributed by atoms with van der Waals surface area (Å²) < 4.78 is 30.7. The summed E-state index contributed by atoms with van der Waals surface area (Å²) in [6, 6.07) is 14.6. The molecule has 1 saturated heterocycles. The van der Waals surface area contributed by atoms with E-state index in [-0.39, 0.29) is 6.61 Å². The van der Waals surface area contributed by atoms with Gasteiger partial charge < -0.3 is 33.6 Å². The van der Waals surface area contributed by atoms with E-state index < -0.39 is 53.6 Å². The number of ether oxygens (including phenoxy) is 5. The Balaban J connectivity index is 1.64. The molecule has 0 aliphatic carbocycles. The topological polar surface area (TPSA) is 144 Å². The standard InChI is InChI=1S/C31H37N3O9S/c1-18-11-13-23(14-12-18)39-16-8-15-34-25-10-7-6-9-24(25)33-31(34)44-30-27(32-19(2)35)29(42-22(5)38)28(41-21(4)37)26(43-30)17-40-20(3)36/h6-7,9-14,26-30H,8,15-17H2,1-5H3,(H,32,35)/t26-,27-,28-,29-,30-/m1/s1. The van der Waals surface area contributed by atoms with Crippen LogP contribution in [0.5, 0.6) is 5.75 Å². The highest BCUT2D eigenvalue weighted by Crippen LogP contribution is 2.37. The number of rotatable bonds is 12. The average molecular weight is 628 g/mol. The van der Waals surface area contributed by atoms with Gasteiger partial charge in [0.2, 0.25) is 5.91 Å². The van der Waals surface area contributed by atoms with Crippen LogP contribution in [0.25, 0.3) is 11.0 Å². The van der Waals surface area contributed by atoms with E-state index in [1.807, 2.05) is 60.0 Å². The van der Waals surface area contributed by atoms with E-state index in [1.54, 1.807) is 0 Å². The number of aromatic nitrogens is 2. The summed E-state index contributed by atoms with van der Waals surface area (Å²) in [6.45, 7) is 7.75. The van der Waals surface area contributed by atoms with Gasteiger partial charge in [0, 0.05) is 34.2 Å². The Bertz CT molecular complexity index is 1480. The first-order valence-electron chi connectivity index (χ1n) is 14.2. The van der Waals surface area contributed by atoms with Crippen LogP contribution in [-0.4, -0.2) is 76.4 Å². The van der Waals surface area contributed by atoms with Gasteiger partial charge in [0.05, 0.1) is 17.6 Å². The number of esters is 3. The van der Waals surface area contributed by atoms with Crippen LogP contribution in [0.3, 0.4) is 0 Å². The average Bonchev–Trinajstić information content (AvgIpc) is 3.30. The highest BCUT2D eigenvalue weighted by molar-refractivity contribution is 7.99. The van der Waals surface area contributed by atoms with Crippen LogP contribution in [0.1, 0.15) is 39.7 Å². The normalized spacial score (nSPS) is 21.3. The minimum absolute atomic E-state index is 0.276. The van der Waals surface area contributed by atoms with Gasteiger partial charge in [-0.05, 0) is 37.6 Å². The number of para-hydroxylation sites is 2. The summed E-state index contributed by atoms with van der Waals surface area (Å²) in [5, 5.41) is 3.39. The van der Waals surface area contributed by atoms with Crippen molar-refractivity contribution in [3.63, 3.8) is 0 Å². The summed E-state index contributed by atoms with van der Waals surface area (Å²) in [5.74, 6) is -1.51. The Hall–Kier alpha value is -4.10. The van der Waals surface area contributed by atoms with Crippen molar-refractivity contribution in [1.29, 1.82) is 0 Å². The van der Waals surface area contributed by atoms with Crippen LogP contribution in [0.4, 0.5) is 0 Å². The highest BCUT2D eigenvalue weighted by atomic mass is 32.2. The Labute approximate surface area is 259 Å². The number of hydrogen-bond acceptors (Lipinski definition) is 11. The molecule has 236 valence electrons. The molecule has 1 amide bonds. The number of amides is 1. The molecule has 2 aromatic carbocycles. The summed E-state index contributed by atoms with van der Waals surface area (Å²) in [7, 11) is 0. The fourth-order valence-corrected chi connectivity index (χ4v) is 6.15. The molecule has 0 spiro atoms. The molecule has 2 heterocycles. The Morgan fingerprint density at radius 2 is 1.61 bits per heavy atom. The first-order valence-corrected chi connectivity index (χ1v) is 15.1. The van der Waals surface area contributed by atoms with Crippen molar-refractivity contribution in [2.75, 3.05) is 13.2 Å². The van der Waals surface area contributed by atoms with E-state index in [9.17, 15) is 19.2 Å². The predicted molar refractivity (Wildman–Crippen MR) is 161 cm³/mol. The molecule has 0 radical (unpaired) electrons. The molecule has 3 aromatic rings. The first kappa shape index (κ1) is 32.8. The van der Waals surface area contributed by atoms with Gasteiger partial charge in [0.1, 0.15) is 29.9 Å². The number of imidazole rings is 1. The number of hydrogen-bond donors (Lipinski definition) is 1. The van der Waals surface area contributed by atoms with Crippen LogP contribution in [0.2, 0.25) is 0 Å². The number of thioether (sulfide) groups is 1. The zero-order chi connectivity index (χ0) is 31.8. The van der Waals surface area contributed by atoms with E-state index in [1.165, 1.54) is 39.5 Å². The van der Waals surface area contributed by atoms with Crippen molar-refractivity contribution < 1.29 is 42.9 Å². The predicted octanol–water partition coefficient (Wildman–Crippen LogP) is 3.56. The quantitative estimate of drug-likeness (QED) is 0.179. The maximum atomic E-state index is 12.4. The van der Waals surface area contributed by atoms with E-state index in [0.29, 0.717) is 24.7 Å². The molecule has 1 aliphatic rings. The molecule has 0 bridgehead atoms. The van der Waals surface area contributed by atoms with Crippen molar-refractivity contribution in [1.82, 2.24) is 14.9 Å². The van der Waals surface area contributed by atoms with E-state index in [4.69, 9.17) is 28.7 Å². The van der Waals surface area contributed by atoms with Gasteiger partial charge in [0.25, 0.3) is 0 Å². The number of aryl methyl sites for hydroxylation is 2. The number of carbonyl (C=O) groups excluding carboxylic acids is 4. The molecule has 12 nitrogen and oxygen atoms in total. The first-order chi connectivity index (χ1) is 21.0. The summed E-state index contributed by atoms with van der Waals surface area (Å²) >= 11 is 1.21. The number of nitrogens with zero attached hydrogens (tertiary/aromatic N) is 2. The summed E-state index contributed by atoms with van der Waals surface area (Å²) in [6.07, 6.45) is -2.65. The lowest BCUT2D eigenvalue weighted by Gasteiger charge is -2.44. The molecule has 13 heteroatoms. The van der Waals surface area contributed by atoms with Gasteiger partial charge in [-0.1, -0.05) is 41.6 Å². The smallest absolute Gasteiger partial charge is 0.303 e. The van der Waals surface area contributed by atoms with Gasteiger partial charge >= 0.3 is 17.9 Å². The Morgan fingerprint density at radius 3 is 2.27 bits per heavy atom. The van der Waals surface area contributed by atoms with Gasteiger partial charge in [0.15, 0.2) is 17.4 Å². The van der Waals surface area contributed by atoms with Crippen molar-refractivity contribution in [3.8, 4) is 5.75 Å². The zero-order valence-corrected chi connectivity index (χ0v) is 26.1. The summed E-state index contributed by atoms with van der Waals surface area (Å²) in [5.41, 5.74) is 1.92. The molecule has 1 aliphatic heterocycles. The lowest BCUT2D eigenvalue weighted by atomic mass is 9.97. The van der Waals surface area contributed by atoms with Crippen molar-refractivity contribution in [2.24, 2.45) is 0 Å². The third-order valence-electron chi connectivity index (χ3n) is 6.73. The monoisotopic (exact) mass is 627 g/mol. The van der Waals surface area contributed by atoms with Gasteiger partial charge in [-0.15, -0.1) is 0 Å². The lowest BCUT2D eigenvalue weighted by molar-refractivity contribution is -0.211. The van der Waals surface area contributed by atoms with Crippen LogP contribution in [-0.2, 0) is 44.7 Å². The van der Waals surface area contributed by atoms with E-state index in [2.05, 4.69) is 5.32 Å². The molecule has 1 aromatic heterocycles. The number of nitrogens with one attached hydrogen (secondary N) is 1. The van der Waals surface area contributed by atoms with E-state index in [0.717, 1.165) is 22.3 Å². The maximum Gasteiger partial charge on any atom is 0.303 e. The zero-order valence-electron chi connectivity index (χ0n) is 25.3. The second-order valence-electron chi connectivity index (χ2n) is 10.4. The van der Waals surface area contributed by atoms with Crippen LogP contribution >= 0.6 is 11.8 Å². The largest absolute Gasteiger partial charge is 0.494 e. The molecule has 4 rings (SSSR count). The minimum atomic E-state index is -1.16. The molecule has 1 fully saturated rings. The van der Waals surface area contributed by atoms with Crippen LogP contribution in [0.15, 0.2) is 53.7 Å². The fraction of sp³-hybridized carbons (Fsp3) is 0.452. The Kier molecular flexibility index (Phi) is 11.2. The Morgan fingerprint density at radius 1 is 0.932 bits per heavy atom. The maximum absolute atomic E-state index is 12.4. The second-order valence-corrected chi connectivity index (χ2v) is 11.5. The fourth-order valence-electron chi connectivity index (χ4n) is 4.90. The lowest BCUT2D eigenvalue weighted by Crippen LogP contribution is -2.65. The van der Waals surface area contributed by atoms with Crippen molar-refractivity contribution >= 4 is 46.6 Å². The molecule has 44 heavy (non-hydrogen) atoms. The summed E-state index contributed by atoms with van der Waals surface area (Å²) in [4.78, 5) is 53.1. The highest BCUT2D eigenvalue weighted by Gasteiger charge is 2.51. The molecule has 5 atom stereocenters. The molecule has 0 saturated carbocycles. The number of fused-ring (bicyclic) bond motifs is 1. The van der Waals surface area contributed by atoms with E-state index >= 15 is 0 Å². The van der Waals surface area contributed by atoms with Gasteiger partial charge in [-0.3, -0.25) is 19.2 Å². The van der Waals surface area contributed by atoms with Crippen molar-refractivity contribution in [3.05, 3.63) is 54.1 Å². The third-order valence-corrected chi connectivity index (χ3v) is 7.89. The molecular weight excluding hydrogens is 590 g/mol. The molecule has 0 unspecified atom stereocenters. The van der Waals surface area contributed by atoms with Gasteiger partial charge in [-0.25, -0.2) is 4.98 Å². The minimum Gasteiger partial charge on any atom is -0.494 e. The SMILES string of the molecule is CC(=O)N[C@@H]1[C@@H](OC(C)=O)[C@H](OC(C)=O)[C@@H](COC(C)=O)O[C@@H]1Sc1nc2ccccc2n1CCCOc1ccc(C)cc1.